The van der Waals surface area contributed by atoms with Crippen LogP contribution in [0.5, 0.6) is 0 Å². The number of fused-ring (bicyclic) bond motifs is 3. The first-order valence-corrected chi connectivity index (χ1v) is 12.1. The van der Waals surface area contributed by atoms with Gasteiger partial charge in [-0.3, -0.25) is 10.1 Å². The van der Waals surface area contributed by atoms with E-state index in [2.05, 4.69) is 42.9 Å². The van der Waals surface area contributed by atoms with E-state index in [9.17, 15) is 18.4 Å². The second-order valence-corrected chi connectivity index (χ2v) is 10.6. The van der Waals surface area contributed by atoms with Crippen molar-refractivity contribution in [1.29, 1.82) is 0 Å². The Balaban J connectivity index is 1.61. The fraction of sp³-hybridized carbons (Fsp3) is 0.250. The Hall–Kier alpha value is -3.83. The summed E-state index contributed by atoms with van der Waals surface area (Å²) >= 11 is 1.33. The number of carbonyl (C=O) groups excluding carboxylic acids is 1. The van der Waals surface area contributed by atoms with Crippen molar-refractivity contribution in [2.24, 2.45) is 5.41 Å². The molecule has 1 aliphatic carbocycles. The molecule has 0 spiro atoms. The molecule has 4 rings (SSSR count). The highest BCUT2D eigenvalue weighted by Crippen LogP contribution is 2.39. The minimum atomic E-state index is -1.29. The van der Waals surface area contributed by atoms with Crippen LogP contribution in [0.4, 0.5) is 13.9 Å². The fourth-order valence-corrected chi connectivity index (χ4v) is 4.74. The van der Waals surface area contributed by atoms with Crippen LogP contribution in [0, 0.1) is 28.9 Å². The van der Waals surface area contributed by atoms with Gasteiger partial charge >= 0.3 is 5.97 Å². The second kappa shape index (κ2) is 9.67. The first-order chi connectivity index (χ1) is 16.9. The number of carbonyl (C=O) groups is 2. The topological polar surface area (TPSA) is 79.3 Å². The minimum absolute atomic E-state index is 0.122. The van der Waals surface area contributed by atoms with Crippen LogP contribution < -0.4 is 5.32 Å². The van der Waals surface area contributed by atoms with Crippen molar-refractivity contribution in [2.75, 3.05) is 5.32 Å². The lowest BCUT2D eigenvalue weighted by Crippen LogP contribution is -2.13. The number of hydrogen-bond donors (Lipinski definition) is 2. The summed E-state index contributed by atoms with van der Waals surface area (Å²) in [6.45, 7) is 7.40. The zero-order valence-electron chi connectivity index (χ0n) is 20.3. The summed E-state index contributed by atoms with van der Waals surface area (Å²) in [5.74, 6) is 2.49. The number of carboxylic acid groups (broad SMARTS) is 1. The molecule has 0 unspecified atom stereocenters. The molecule has 5 nitrogen and oxygen atoms in total. The first-order valence-electron chi connectivity index (χ1n) is 11.3. The molecular formula is C28H24F2N2O3S. The molecule has 0 radical (unpaired) electrons. The molecule has 1 heterocycles. The van der Waals surface area contributed by atoms with Crippen LogP contribution in [-0.4, -0.2) is 22.0 Å². The molecule has 1 aromatic heterocycles. The van der Waals surface area contributed by atoms with Gasteiger partial charge in [0.15, 0.2) is 5.13 Å². The van der Waals surface area contributed by atoms with E-state index < -0.39 is 29.1 Å². The number of amides is 1. The maximum atomic E-state index is 14.5. The van der Waals surface area contributed by atoms with Gasteiger partial charge in [-0.1, -0.05) is 24.0 Å². The number of aliphatic carboxylic acids is 1. The monoisotopic (exact) mass is 506 g/mol. The van der Waals surface area contributed by atoms with Gasteiger partial charge in [0.2, 0.25) is 0 Å². The lowest BCUT2D eigenvalue weighted by molar-refractivity contribution is -0.132. The third-order valence-corrected chi connectivity index (χ3v) is 6.59. The Morgan fingerprint density at radius 3 is 2.50 bits per heavy atom. The molecular weight excluding hydrogens is 482 g/mol. The van der Waals surface area contributed by atoms with Crippen LogP contribution >= 0.6 is 11.3 Å². The molecule has 0 bridgehead atoms. The number of carboxylic acids is 1. The highest BCUT2D eigenvalue weighted by molar-refractivity contribution is 7.16. The van der Waals surface area contributed by atoms with Crippen LogP contribution in [0.3, 0.4) is 0 Å². The van der Waals surface area contributed by atoms with Gasteiger partial charge in [0, 0.05) is 38.1 Å². The Bertz CT molecular complexity index is 1460. The van der Waals surface area contributed by atoms with Gasteiger partial charge in [-0.2, -0.15) is 0 Å². The van der Waals surface area contributed by atoms with E-state index in [1.807, 2.05) is 18.2 Å². The number of anilines is 1. The standard InChI is InChI=1S/C28H24F2N2O3S/c1-15(26(34)35)12-20-21(29)13-17(14-22(20)30)25(33)32-27-31-24-19-7-5-6-16(10-11-28(2,3)4)18(19)8-9-23(24)36-27/h5-7,12-14H,8-9H2,1-4H3,(H,34,35)(H,31,32,33)/b15-12+. The predicted octanol–water partition coefficient (Wildman–Crippen LogP) is 6.32. The van der Waals surface area contributed by atoms with Gasteiger partial charge < -0.3 is 5.11 Å². The Kier molecular flexibility index (Phi) is 6.79. The molecule has 0 saturated heterocycles. The van der Waals surface area contributed by atoms with Crippen molar-refractivity contribution in [2.45, 2.75) is 40.5 Å². The van der Waals surface area contributed by atoms with E-state index in [-0.39, 0.29) is 16.6 Å². The van der Waals surface area contributed by atoms with E-state index in [0.29, 0.717) is 5.13 Å². The van der Waals surface area contributed by atoms with E-state index in [1.54, 1.807) is 0 Å². The van der Waals surface area contributed by atoms with Crippen molar-refractivity contribution < 1.29 is 23.5 Å². The van der Waals surface area contributed by atoms with Crippen LogP contribution in [0.2, 0.25) is 0 Å². The van der Waals surface area contributed by atoms with E-state index in [1.165, 1.54) is 18.3 Å². The fourth-order valence-electron chi connectivity index (χ4n) is 3.77. The number of nitrogens with one attached hydrogen (secondary N) is 1. The molecule has 0 atom stereocenters. The van der Waals surface area contributed by atoms with Crippen molar-refractivity contribution >= 4 is 34.4 Å². The maximum Gasteiger partial charge on any atom is 0.331 e. The number of aryl methyl sites for hydroxylation is 1. The summed E-state index contributed by atoms with van der Waals surface area (Å²) in [5.41, 5.74) is 2.73. The minimum Gasteiger partial charge on any atom is -0.478 e. The smallest absolute Gasteiger partial charge is 0.331 e. The molecule has 1 amide bonds. The first kappa shape index (κ1) is 25.3. The molecule has 3 aromatic rings. The Labute approximate surface area is 211 Å². The number of hydrogen-bond acceptors (Lipinski definition) is 4. The summed E-state index contributed by atoms with van der Waals surface area (Å²) in [5, 5.41) is 11.9. The number of nitrogens with zero attached hydrogens (tertiary/aromatic N) is 1. The third kappa shape index (κ3) is 5.37. The quantitative estimate of drug-likeness (QED) is 0.320. The van der Waals surface area contributed by atoms with Crippen LogP contribution in [0.15, 0.2) is 35.9 Å². The molecule has 2 N–H and O–H groups in total. The number of halogens is 2. The number of rotatable bonds is 4. The molecule has 184 valence electrons. The summed E-state index contributed by atoms with van der Waals surface area (Å²) in [6.07, 6.45) is 2.44. The van der Waals surface area contributed by atoms with Crippen LogP contribution in [0.25, 0.3) is 17.3 Å². The van der Waals surface area contributed by atoms with Gasteiger partial charge in [0.05, 0.1) is 5.69 Å². The molecule has 36 heavy (non-hydrogen) atoms. The lowest BCUT2D eigenvalue weighted by atomic mass is 9.89. The molecule has 2 aromatic carbocycles. The number of benzene rings is 2. The Morgan fingerprint density at radius 2 is 1.86 bits per heavy atom. The predicted molar refractivity (Wildman–Crippen MR) is 137 cm³/mol. The lowest BCUT2D eigenvalue weighted by Gasteiger charge is -2.16. The van der Waals surface area contributed by atoms with Crippen LogP contribution in [0.1, 0.15) is 59.6 Å². The van der Waals surface area contributed by atoms with Crippen molar-refractivity contribution in [3.05, 3.63) is 74.7 Å². The molecule has 0 fully saturated rings. The van der Waals surface area contributed by atoms with Crippen molar-refractivity contribution in [1.82, 2.24) is 4.98 Å². The summed E-state index contributed by atoms with van der Waals surface area (Å²) in [4.78, 5) is 29.3. The summed E-state index contributed by atoms with van der Waals surface area (Å²) < 4.78 is 29.0. The normalized spacial score (nSPS) is 12.8. The van der Waals surface area contributed by atoms with Gasteiger partial charge in [0.1, 0.15) is 11.6 Å². The summed E-state index contributed by atoms with van der Waals surface area (Å²) in [7, 11) is 0. The molecule has 8 heteroatoms. The number of thiazole rings is 1. The van der Waals surface area contributed by atoms with E-state index in [0.717, 1.165) is 58.3 Å². The second-order valence-electron chi connectivity index (χ2n) is 9.56. The van der Waals surface area contributed by atoms with Crippen molar-refractivity contribution in [3.63, 3.8) is 0 Å². The zero-order valence-corrected chi connectivity index (χ0v) is 21.1. The van der Waals surface area contributed by atoms with Gasteiger partial charge in [-0.15, -0.1) is 11.3 Å². The molecule has 0 saturated carbocycles. The van der Waals surface area contributed by atoms with Gasteiger partial charge in [-0.05, 0) is 70.4 Å². The van der Waals surface area contributed by atoms with Gasteiger partial charge in [0.25, 0.3) is 5.91 Å². The maximum absolute atomic E-state index is 14.5. The highest BCUT2D eigenvalue weighted by atomic mass is 32.1. The molecule has 1 aliphatic rings. The highest BCUT2D eigenvalue weighted by Gasteiger charge is 2.24. The zero-order chi connectivity index (χ0) is 26.2. The van der Waals surface area contributed by atoms with E-state index >= 15 is 0 Å². The molecule has 0 aliphatic heterocycles. The van der Waals surface area contributed by atoms with Crippen molar-refractivity contribution in [3.8, 4) is 23.1 Å². The Morgan fingerprint density at radius 1 is 1.17 bits per heavy atom. The third-order valence-electron chi connectivity index (χ3n) is 5.56. The average molecular weight is 507 g/mol. The van der Waals surface area contributed by atoms with E-state index in [4.69, 9.17) is 5.11 Å². The van der Waals surface area contributed by atoms with Crippen LogP contribution in [-0.2, 0) is 17.6 Å². The largest absolute Gasteiger partial charge is 0.478 e. The SMILES string of the molecule is C/C(=C\c1c(F)cc(C(=O)Nc2nc3c(s2)CCc2c(C#CC(C)(C)C)cccc2-3)cc1F)C(=O)O. The average Bonchev–Trinajstić information content (AvgIpc) is 3.22. The van der Waals surface area contributed by atoms with Gasteiger partial charge in [-0.25, -0.2) is 18.6 Å². The summed E-state index contributed by atoms with van der Waals surface area (Å²) in [6, 6.07) is 7.67. The number of aromatic nitrogens is 1.